The summed E-state index contributed by atoms with van der Waals surface area (Å²) >= 11 is 0. The van der Waals surface area contributed by atoms with E-state index in [-0.39, 0.29) is 11.8 Å². The predicted octanol–water partition coefficient (Wildman–Crippen LogP) is 0.759. The highest BCUT2D eigenvalue weighted by Gasteiger charge is 2.47. The monoisotopic (exact) mass is 241 g/mol. The molecule has 1 rings (SSSR count). The van der Waals surface area contributed by atoms with Crippen molar-refractivity contribution >= 4 is 11.9 Å². The van der Waals surface area contributed by atoms with Crippen molar-refractivity contribution < 1.29 is 9.53 Å². The van der Waals surface area contributed by atoms with Crippen LogP contribution in [-0.2, 0) is 9.53 Å². The SMILES string of the molecule is COCC1(C(C)C)NC(=NCC(C)C)NC1=O. The molecule has 0 aliphatic carbocycles. The number of guanidine groups is 1. The van der Waals surface area contributed by atoms with Crippen molar-refractivity contribution in [3.63, 3.8) is 0 Å². The summed E-state index contributed by atoms with van der Waals surface area (Å²) in [5, 5.41) is 5.96. The Morgan fingerprint density at radius 3 is 2.47 bits per heavy atom. The molecule has 1 heterocycles. The molecule has 1 unspecified atom stereocenters. The van der Waals surface area contributed by atoms with Gasteiger partial charge in [0.15, 0.2) is 5.96 Å². The Balaban J connectivity index is 2.82. The molecule has 0 radical (unpaired) electrons. The maximum Gasteiger partial charge on any atom is 0.255 e. The number of methoxy groups -OCH3 is 1. The molecule has 0 saturated carbocycles. The summed E-state index contributed by atoms with van der Waals surface area (Å²) in [6, 6.07) is 0. The van der Waals surface area contributed by atoms with Gasteiger partial charge in [0.05, 0.1) is 6.61 Å². The first kappa shape index (κ1) is 14.0. The minimum absolute atomic E-state index is 0.0585. The van der Waals surface area contributed by atoms with Crippen LogP contribution in [0.25, 0.3) is 0 Å². The van der Waals surface area contributed by atoms with Crippen LogP contribution in [0.4, 0.5) is 0 Å². The Bertz CT molecular complexity index is 313. The third kappa shape index (κ3) is 2.97. The second kappa shape index (κ2) is 5.49. The average molecular weight is 241 g/mol. The average Bonchev–Trinajstić information content (AvgIpc) is 2.54. The molecule has 0 aromatic rings. The van der Waals surface area contributed by atoms with E-state index in [9.17, 15) is 4.79 Å². The third-order valence-electron chi connectivity index (χ3n) is 2.95. The Morgan fingerprint density at radius 1 is 1.35 bits per heavy atom. The molecule has 5 heteroatoms. The smallest absolute Gasteiger partial charge is 0.255 e. The molecule has 17 heavy (non-hydrogen) atoms. The molecule has 1 amide bonds. The van der Waals surface area contributed by atoms with Crippen molar-refractivity contribution in [1.29, 1.82) is 0 Å². The van der Waals surface area contributed by atoms with Crippen LogP contribution in [0.1, 0.15) is 27.7 Å². The van der Waals surface area contributed by atoms with Crippen molar-refractivity contribution in [2.75, 3.05) is 20.3 Å². The van der Waals surface area contributed by atoms with Gasteiger partial charge < -0.3 is 10.1 Å². The Labute approximate surface area is 103 Å². The molecule has 98 valence electrons. The summed E-state index contributed by atoms with van der Waals surface area (Å²) in [6.07, 6.45) is 0. The van der Waals surface area contributed by atoms with E-state index in [0.717, 1.165) is 0 Å². The standard InChI is InChI=1S/C12H23N3O2/c1-8(2)6-13-11-14-10(16)12(15-11,7-17-5)9(3)4/h8-9H,6-7H2,1-5H3,(H2,13,14,15,16). The quantitative estimate of drug-likeness (QED) is 0.747. The lowest BCUT2D eigenvalue weighted by atomic mass is 9.87. The van der Waals surface area contributed by atoms with Crippen molar-refractivity contribution in [3.8, 4) is 0 Å². The Morgan fingerprint density at radius 2 is 2.00 bits per heavy atom. The molecule has 0 spiro atoms. The van der Waals surface area contributed by atoms with Crippen LogP contribution in [0.5, 0.6) is 0 Å². The number of amides is 1. The van der Waals surface area contributed by atoms with Gasteiger partial charge in [-0.3, -0.25) is 15.1 Å². The van der Waals surface area contributed by atoms with Crippen molar-refractivity contribution in [2.24, 2.45) is 16.8 Å². The molecule has 0 aromatic heterocycles. The highest BCUT2D eigenvalue weighted by Crippen LogP contribution is 2.21. The molecule has 1 aliphatic heterocycles. The highest BCUT2D eigenvalue weighted by molar-refractivity contribution is 6.09. The molecule has 0 aromatic carbocycles. The van der Waals surface area contributed by atoms with Gasteiger partial charge >= 0.3 is 0 Å². The second-order valence-corrected chi connectivity index (χ2v) is 5.22. The van der Waals surface area contributed by atoms with Gasteiger partial charge in [0.25, 0.3) is 5.91 Å². The van der Waals surface area contributed by atoms with Crippen LogP contribution in [0.2, 0.25) is 0 Å². The first-order valence-corrected chi connectivity index (χ1v) is 6.05. The van der Waals surface area contributed by atoms with E-state index < -0.39 is 5.54 Å². The van der Waals surface area contributed by atoms with E-state index in [2.05, 4.69) is 29.5 Å². The summed E-state index contributed by atoms with van der Waals surface area (Å²) in [4.78, 5) is 16.4. The second-order valence-electron chi connectivity index (χ2n) is 5.22. The van der Waals surface area contributed by atoms with Gasteiger partial charge in [0, 0.05) is 13.7 Å². The number of hydrogen-bond acceptors (Lipinski definition) is 3. The molecule has 1 atom stereocenters. The summed E-state index contributed by atoms with van der Waals surface area (Å²) in [6.45, 7) is 9.21. The molecule has 0 bridgehead atoms. The zero-order valence-corrected chi connectivity index (χ0v) is 11.3. The molecule has 1 fully saturated rings. The zero-order valence-electron chi connectivity index (χ0n) is 11.3. The molecule has 2 N–H and O–H groups in total. The summed E-state index contributed by atoms with van der Waals surface area (Å²) in [7, 11) is 1.60. The third-order valence-corrected chi connectivity index (χ3v) is 2.95. The minimum atomic E-state index is -0.690. The van der Waals surface area contributed by atoms with Crippen LogP contribution in [0, 0.1) is 11.8 Å². The molecule has 1 aliphatic rings. The number of nitrogens with one attached hydrogen (secondary N) is 2. The lowest BCUT2D eigenvalue weighted by Crippen LogP contribution is -2.55. The zero-order chi connectivity index (χ0) is 13.1. The van der Waals surface area contributed by atoms with Crippen LogP contribution in [0.3, 0.4) is 0 Å². The number of ether oxygens (including phenoxy) is 1. The van der Waals surface area contributed by atoms with E-state index in [1.54, 1.807) is 7.11 Å². The number of carbonyl (C=O) groups excluding carboxylic acids is 1. The number of aliphatic imine (C=N–C) groups is 1. The van der Waals surface area contributed by atoms with Crippen molar-refractivity contribution in [3.05, 3.63) is 0 Å². The highest BCUT2D eigenvalue weighted by atomic mass is 16.5. The predicted molar refractivity (Wildman–Crippen MR) is 67.9 cm³/mol. The number of rotatable bonds is 5. The maximum absolute atomic E-state index is 12.0. The normalized spacial score (nSPS) is 26.8. The van der Waals surface area contributed by atoms with Crippen LogP contribution in [-0.4, -0.2) is 37.7 Å². The van der Waals surface area contributed by atoms with E-state index in [1.807, 2.05) is 13.8 Å². The molecular formula is C12H23N3O2. The minimum Gasteiger partial charge on any atom is -0.382 e. The van der Waals surface area contributed by atoms with E-state index in [1.165, 1.54) is 0 Å². The van der Waals surface area contributed by atoms with Gasteiger partial charge in [-0.25, -0.2) is 0 Å². The van der Waals surface area contributed by atoms with E-state index in [0.29, 0.717) is 25.0 Å². The van der Waals surface area contributed by atoms with Gasteiger partial charge in [0.2, 0.25) is 0 Å². The number of carbonyl (C=O) groups is 1. The van der Waals surface area contributed by atoms with Crippen molar-refractivity contribution in [1.82, 2.24) is 10.6 Å². The van der Waals surface area contributed by atoms with Gasteiger partial charge in [0.1, 0.15) is 5.54 Å². The Kier molecular flexibility index (Phi) is 4.51. The fraction of sp³-hybridized carbons (Fsp3) is 0.833. The summed E-state index contributed by atoms with van der Waals surface area (Å²) in [5.74, 6) is 1.11. The largest absolute Gasteiger partial charge is 0.382 e. The van der Waals surface area contributed by atoms with Gasteiger partial charge in [-0.15, -0.1) is 0 Å². The Hall–Kier alpha value is -1.10. The van der Waals surface area contributed by atoms with Gasteiger partial charge in [-0.05, 0) is 11.8 Å². The first-order chi connectivity index (χ1) is 7.92. The van der Waals surface area contributed by atoms with Crippen LogP contribution >= 0.6 is 0 Å². The summed E-state index contributed by atoms with van der Waals surface area (Å²) < 4.78 is 5.16. The number of nitrogens with zero attached hydrogens (tertiary/aromatic N) is 1. The van der Waals surface area contributed by atoms with Crippen LogP contribution < -0.4 is 10.6 Å². The molecular weight excluding hydrogens is 218 g/mol. The first-order valence-electron chi connectivity index (χ1n) is 6.05. The molecule has 1 saturated heterocycles. The fourth-order valence-corrected chi connectivity index (χ4v) is 1.77. The summed E-state index contributed by atoms with van der Waals surface area (Å²) in [5.41, 5.74) is -0.690. The fourth-order valence-electron chi connectivity index (χ4n) is 1.77. The molecule has 5 nitrogen and oxygen atoms in total. The van der Waals surface area contributed by atoms with Gasteiger partial charge in [-0.1, -0.05) is 27.7 Å². The van der Waals surface area contributed by atoms with Crippen molar-refractivity contribution in [2.45, 2.75) is 33.2 Å². The lowest BCUT2D eigenvalue weighted by Gasteiger charge is -2.29. The van der Waals surface area contributed by atoms with Crippen LogP contribution in [0.15, 0.2) is 4.99 Å². The number of hydrogen-bond donors (Lipinski definition) is 2. The van der Waals surface area contributed by atoms with E-state index in [4.69, 9.17) is 4.74 Å². The topological polar surface area (TPSA) is 62.7 Å². The maximum atomic E-state index is 12.0. The van der Waals surface area contributed by atoms with Gasteiger partial charge in [-0.2, -0.15) is 0 Å². The lowest BCUT2D eigenvalue weighted by molar-refractivity contribution is -0.127. The van der Waals surface area contributed by atoms with E-state index >= 15 is 0 Å².